The molecule has 0 saturated carbocycles. The quantitative estimate of drug-likeness (QED) is 0.451. The molecule has 1 aromatic carbocycles. The minimum absolute atomic E-state index is 0.0130. The van der Waals surface area contributed by atoms with Crippen LogP contribution in [0.1, 0.15) is 11.3 Å². The van der Waals surface area contributed by atoms with Gasteiger partial charge in [-0.05, 0) is 42.8 Å². The number of hydrogen-bond acceptors (Lipinski definition) is 4. The summed E-state index contributed by atoms with van der Waals surface area (Å²) in [5.41, 5.74) is 3.52. The second-order valence-corrected chi connectivity index (χ2v) is 5.25. The first-order valence-electron chi connectivity index (χ1n) is 7.10. The zero-order valence-electron chi connectivity index (χ0n) is 12.7. The fourth-order valence-corrected chi connectivity index (χ4v) is 2.43. The first-order chi connectivity index (χ1) is 11.5. The molecule has 7 heteroatoms. The molecule has 24 heavy (non-hydrogen) atoms. The number of carboxylic acids is 1. The zero-order valence-corrected chi connectivity index (χ0v) is 12.7. The maximum Gasteiger partial charge on any atom is 0.328 e. The van der Waals surface area contributed by atoms with Crippen LogP contribution in [0.4, 0.5) is 5.69 Å². The summed E-state index contributed by atoms with van der Waals surface area (Å²) in [6.07, 6.45) is 4.32. The van der Waals surface area contributed by atoms with Gasteiger partial charge in [0.1, 0.15) is 5.65 Å². The number of imidazole rings is 1. The van der Waals surface area contributed by atoms with Gasteiger partial charge in [0.15, 0.2) is 0 Å². The molecule has 2 heterocycles. The number of nitro groups is 1. The van der Waals surface area contributed by atoms with Crippen molar-refractivity contribution in [1.82, 2.24) is 9.38 Å². The Morgan fingerprint density at radius 1 is 1.29 bits per heavy atom. The van der Waals surface area contributed by atoms with Crippen molar-refractivity contribution in [2.45, 2.75) is 6.92 Å². The number of aryl methyl sites for hydroxylation is 1. The van der Waals surface area contributed by atoms with E-state index in [0.29, 0.717) is 22.6 Å². The van der Waals surface area contributed by atoms with E-state index in [-0.39, 0.29) is 5.69 Å². The standard InChI is InChI=1S/C17H13N3O4/c1-11-8-9-19-14(6-7-16(21)22)17(18-15(19)10-11)12-2-4-13(5-3-12)20(23)24/h2-10H,1H3,(H,21,22). The maximum atomic E-state index is 10.9. The number of carbonyl (C=O) groups is 1. The minimum atomic E-state index is -1.06. The lowest BCUT2D eigenvalue weighted by Gasteiger charge is -2.01. The number of hydrogen-bond donors (Lipinski definition) is 1. The van der Waals surface area contributed by atoms with Crippen molar-refractivity contribution in [3.05, 3.63) is 70.0 Å². The Balaban J connectivity index is 2.20. The molecule has 0 unspecified atom stereocenters. The first kappa shape index (κ1) is 15.4. The number of carboxylic acid groups (broad SMARTS) is 1. The van der Waals surface area contributed by atoms with Crippen LogP contribution in [-0.4, -0.2) is 25.4 Å². The van der Waals surface area contributed by atoms with Gasteiger partial charge in [0, 0.05) is 30.0 Å². The van der Waals surface area contributed by atoms with E-state index in [0.717, 1.165) is 11.6 Å². The van der Waals surface area contributed by atoms with Crippen LogP contribution < -0.4 is 0 Å². The van der Waals surface area contributed by atoms with Gasteiger partial charge in [0.05, 0.1) is 16.3 Å². The Morgan fingerprint density at radius 3 is 2.62 bits per heavy atom. The van der Waals surface area contributed by atoms with Gasteiger partial charge in [-0.1, -0.05) is 0 Å². The van der Waals surface area contributed by atoms with E-state index in [4.69, 9.17) is 5.11 Å². The van der Waals surface area contributed by atoms with Crippen LogP contribution in [0.15, 0.2) is 48.7 Å². The van der Waals surface area contributed by atoms with Crippen LogP contribution >= 0.6 is 0 Å². The SMILES string of the molecule is Cc1ccn2c(C=CC(=O)O)c(-c3ccc([N+](=O)[O-])cc3)nc2c1. The van der Waals surface area contributed by atoms with E-state index >= 15 is 0 Å². The molecule has 0 atom stereocenters. The Kier molecular flexibility index (Phi) is 3.83. The van der Waals surface area contributed by atoms with Crippen LogP contribution in [-0.2, 0) is 4.79 Å². The summed E-state index contributed by atoms with van der Waals surface area (Å²) in [5.74, 6) is -1.06. The highest BCUT2D eigenvalue weighted by molar-refractivity contribution is 5.87. The lowest BCUT2D eigenvalue weighted by molar-refractivity contribution is -0.384. The van der Waals surface area contributed by atoms with Crippen molar-refractivity contribution < 1.29 is 14.8 Å². The van der Waals surface area contributed by atoms with Crippen LogP contribution in [0.3, 0.4) is 0 Å². The number of fused-ring (bicyclic) bond motifs is 1. The molecule has 3 aromatic rings. The van der Waals surface area contributed by atoms with E-state index in [1.165, 1.54) is 18.2 Å². The summed E-state index contributed by atoms with van der Waals surface area (Å²) in [6.45, 7) is 1.94. The van der Waals surface area contributed by atoms with Crippen molar-refractivity contribution in [3.63, 3.8) is 0 Å². The Labute approximate surface area is 136 Å². The van der Waals surface area contributed by atoms with Gasteiger partial charge in [-0.25, -0.2) is 9.78 Å². The lowest BCUT2D eigenvalue weighted by atomic mass is 10.1. The molecule has 2 aromatic heterocycles. The molecule has 7 nitrogen and oxygen atoms in total. The van der Waals surface area contributed by atoms with Gasteiger partial charge >= 0.3 is 5.97 Å². The summed E-state index contributed by atoms with van der Waals surface area (Å²) in [6, 6.07) is 9.78. The molecule has 120 valence electrons. The molecule has 0 radical (unpaired) electrons. The van der Waals surface area contributed by atoms with E-state index in [9.17, 15) is 14.9 Å². The molecule has 0 spiro atoms. The summed E-state index contributed by atoms with van der Waals surface area (Å²) < 4.78 is 1.78. The van der Waals surface area contributed by atoms with Gasteiger partial charge in [-0.3, -0.25) is 14.5 Å². The molecule has 0 aliphatic heterocycles. The largest absolute Gasteiger partial charge is 0.478 e. The van der Waals surface area contributed by atoms with Gasteiger partial charge in [-0.2, -0.15) is 0 Å². The molecule has 1 N–H and O–H groups in total. The number of rotatable bonds is 4. The number of non-ortho nitro benzene ring substituents is 1. The van der Waals surface area contributed by atoms with Crippen molar-refractivity contribution in [2.75, 3.05) is 0 Å². The van der Waals surface area contributed by atoms with Crippen LogP contribution in [0.25, 0.3) is 23.0 Å². The third kappa shape index (κ3) is 2.87. The minimum Gasteiger partial charge on any atom is -0.478 e. The third-order valence-corrected chi connectivity index (χ3v) is 3.55. The summed E-state index contributed by atoms with van der Waals surface area (Å²) >= 11 is 0. The summed E-state index contributed by atoms with van der Waals surface area (Å²) in [5, 5.41) is 19.7. The van der Waals surface area contributed by atoms with E-state index in [1.807, 2.05) is 25.3 Å². The number of aliphatic carboxylic acids is 1. The highest BCUT2D eigenvalue weighted by atomic mass is 16.6. The van der Waals surface area contributed by atoms with Gasteiger partial charge < -0.3 is 5.11 Å². The maximum absolute atomic E-state index is 10.9. The van der Waals surface area contributed by atoms with Crippen LogP contribution in [0.2, 0.25) is 0 Å². The molecule has 0 amide bonds. The summed E-state index contributed by atoms with van der Waals surface area (Å²) in [7, 11) is 0. The number of nitrogens with zero attached hydrogens (tertiary/aromatic N) is 3. The normalized spacial score (nSPS) is 11.2. The Hall–Kier alpha value is -3.48. The van der Waals surface area contributed by atoms with Gasteiger partial charge in [0.2, 0.25) is 0 Å². The van der Waals surface area contributed by atoms with Gasteiger partial charge in [-0.15, -0.1) is 0 Å². The highest BCUT2D eigenvalue weighted by Crippen LogP contribution is 2.27. The smallest absolute Gasteiger partial charge is 0.328 e. The number of aromatic nitrogens is 2. The van der Waals surface area contributed by atoms with E-state index < -0.39 is 10.9 Å². The van der Waals surface area contributed by atoms with Crippen molar-refractivity contribution in [2.24, 2.45) is 0 Å². The monoisotopic (exact) mass is 323 g/mol. The van der Waals surface area contributed by atoms with Crippen LogP contribution in [0, 0.1) is 17.0 Å². The van der Waals surface area contributed by atoms with Crippen molar-refractivity contribution in [3.8, 4) is 11.3 Å². The highest BCUT2D eigenvalue weighted by Gasteiger charge is 2.14. The average molecular weight is 323 g/mol. The number of pyridine rings is 1. The molecular formula is C17H13N3O4. The summed E-state index contributed by atoms with van der Waals surface area (Å²) in [4.78, 5) is 25.7. The number of benzene rings is 1. The van der Waals surface area contributed by atoms with Crippen molar-refractivity contribution in [1.29, 1.82) is 0 Å². The predicted molar refractivity (Wildman–Crippen MR) is 88.7 cm³/mol. The fraction of sp³-hybridized carbons (Fsp3) is 0.0588. The topological polar surface area (TPSA) is 97.7 Å². The lowest BCUT2D eigenvalue weighted by Crippen LogP contribution is -1.92. The third-order valence-electron chi connectivity index (χ3n) is 3.55. The molecule has 0 saturated heterocycles. The van der Waals surface area contributed by atoms with E-state index in [2.05, 4.69) is 4.98 Å². The first-order valence-corrected chi connectivity index (χ1v) is 7.10. The molecule has 3 rings (SSSR count). The Morgan fingerprint density at radius 2 is 2.00 bits per heavy atom. The molecule has 0 bridgehead atoms. The van der Waals surface area contributed by atoms with Crippen molar-refractivity contribution >= 4 is 23.4 Å². The number of nitro benzene ring substituents is 1. The fourth-order valence-electron chi connectivity index (χ4n) is 2.43. The van der Waals surface area contributed by atoms with Gasteiger partial charge in [0.25, 0.3) is 5.69 Å². The van der Waals surface area contributed by atoms with Crippen LogP contribution in [0.5, 0.6) is 0 Å². The molecular weight excluding hydrogens is 310 g/mol. The Bertz CT molecular complexity index is 971. The zero-order chi connectivity index (χ0) is 17.3. The molecule has 0 aliphatic rings. The molecule has 0 fully saturated rings. The molecule has 0 aliphatic carbocycles. The average Bonchev–Trinajstić information content (AvgIpc) is 2.90. The van der Waals surface area contributed by atoms with E-state index in [1.54, 1.807) is 16.5 Å². The second-order valence-electron chi connectivity index (χ2n) is 5.25. The predicted octanol–water partition coefficient (Wildman–Crippen LogP) is 3.32. The second kappa shape index (κ2) is 5.96.